The van der Waals surface area contributed by atoms with Crippen molar-refractivity contribution in [2.45, 2.75) is 40.8 Å². The quantitative estimate of drug-likeness (QED) is 0.557. The van der Waals surface area contributed by atoms with Gasteiger partial charge in [0.25, 0.3) is 0 Å². The predicted molar refractivity (Wildman–Crippen MR) is 61.8 cm³/mol. The minimum atomic E-state index is -4.32. The second kappa shape index (κ2) is 11.1. The Kier molecular flexibility index (Phi) is 14.5. The summed E-state index contributed by atoms with van der Waals surface area (Å²) in [5.74, 6) is 0. The van der Waals surface area contributed by atoms with Crippen LogP contribution in [0.3, 0.4) is 0 Å². The highest BCUT2D eigenvalue weighted by atomic mass is 19.4. The minimum Gasteiger partial charge on any atom is -0.166 e. The first kappa shape index (κ1) is 19.6. The van der Waals surface area contributed by atoms with Crippen LogP contribution in [0.4, 0.5) is 13.2 Å². The van der Waals surface area contributed by atoms with Crippen LogP contribution in [0.2, 0.25) is 0 Å². The van der Waals surface area contributed by atoms with E-state index in [1.165, 1.54) is 6.92 Å². The molecule has 0 atom stereocenters. The second-order valence-electron chi connectivity index (χ2n) is 2.09. The Labute approximate surface area is 91.2 Å². The molecule has 90 valence electrons. The summed E-state index contributed by atoms with van der Waals surface area (Å²) in [6, 6.07) is 0. The molecular formula is C12H21F3. The second-order valence-corrected chi connectivity index (χ2v) is 2.09. The first-order valence-electron chi connectivity index (χ1n) is 4.95. The molecule has 0 aliphatic carbocycles. The Morgan fingerprint density at radius 2 is 1.40 bits per heavy atom. The number of rotatable bonds is 2. The van der Waals surface area contributed by atoms with Gasteiger partial charge in [0.15, 0.2) is 0 Å². The molecule has 0 saturated heterocycles. The molecule has 0 aliphatic heterocycles. The third kappa shape index (κ3) is 10.9. The van der Waals surface area contributed by atoms with Crippen molar-refractivity contribution in [1.82, 2.24) is 0 Å². The zero-order valence-corrected chi connectivity index (χ0v) is 10.2. The minimum absolute atomic E-state index is 0.00241. The summed E-state index contributed by atoms with van der Waals surface area (Å²) in [5.41, 5.74) is -0.732. The van der Waals surface area contributed by atoms with Gasteiger partial charge < -0.3 is 0 Å². The number of halogens is 3. The average molecular weight is 222 g/mol. The third-order valence-electron chi connectivity index (χ3n) is 1.05. The Morgan fingerprint density at radius 3 is 1.47 bits per heavy atom. The van der Waals surface area contributed by atoms with E-state index >= 15 is 0 Å². The van der Waals surface area contributed by atoms with Crippen molar-refractivity contribution in [2.24, 2.45) is 0 Å². The summed E-state index contributed by atoms with van der Waals surface area (Å²) >= 11 is 0. The topological polar surface area (TPSA) is 0 Å². The summed E-state index contributed by atoms with van der Waals surface area (Å²) in [4.78, 5) is 0. The van der Waals surface area contributed by atoms with Gasteiger partial charge in [-0.25, -0.2) is 0 Å². The van der Waals surface area contributed by atoms with E-state index in [-0.39, 0.29) is 5.57 Å². The predicted octanol–water partition coefficient (Wildman–Crippen LogP) is 5.29. The Balaban J connectivity index is -0.000000318. The van der Waals surface area contributed by atoms with Crippen LogP contribution in [-0.2, 0) is 0 Å². The number of hydrogen-bond donors (Lipinski definition) is 0. The molecule has 0 spiro atoms. The van der Waals surface area contributed by atoms with Gasteiger partial charge in [-0.15, -0.1) is 0 Å². The normalized spacial score (nSPS) is 10.3. The van der Waals surface area contributed by atoms with Crippen LogP contribution in [0.5, 0.6) is 0 Å². The zero-order chi connectivity index (χ0) is 13.1. The molecule has 0 N–H and O–H groups in total. The number of hydrogen-bond acceptors (Lipinski definition) is 0. The molecule has 0 amide bonds. The van der Waals surface area contributed by atoms with Crippen LogP contribution >= 0.6 is 0 Å². The molecular weight excluding hydrogens is 201 g/mol. The standard InChI is InChI=1S/C8H9F3.2C2H6/c1-4-5-7(6(2)3)8(9,10)11;2*1-2/h4-5H,1-2H2,3H3;2*1-2H3/b7-5+;;. The molecule has 0 nitrogen and oxygen atoms in total. The maximum Gasteiger partial charge on any atom is 0.416 e. The largest absolute Gasteiger partial charge is 0.416 e. The molecule has 0 saturated carbocycles. The first-order chi connectivity index (χ1) is 6.89. The van der Waals surface area contributed by atoms with Crippen LogP contribution < -0.4 is 0 Å². The fourth-order valence-electron chi connectivity index (χ4n) is 0.597. The molecule has 0 heterocycles. The van der Waals surface area contributed by atoms with Gasteiger partial charge in [-0.1, -0.05) is 53.0 Å². The molecule has 15 heavy (non-hydrogen) atoms. The third-order valence-corrected chi connectivity index (χ3v) is 1.05. The number of alkyl halides is 3. The lowest BCUT2D eigenvalue weighted by molar-refractivity contribution is -0.0892. The Morgan fingerprint density at radius 1 is 1.07 bits per heavy atom. The van der Waals surface area contributed by atoms with Crippen molar-refractivity contribution in [3.05, 3.63) is 36.5 Å². The van der Waals surface area contributed by atoms with Crippen LogP contribution in [0.25, 0.3) is 0 Å². The summed E-state index contributed by atoms with van der Waals surface area (Å²) in [6.07, 6.45) is -2.32. The monoisotopic (exact) mass is 222 g/mol. The van der Waals surface area contributed by atoms with Crippen molar-refractivity contribution in [3.8, 4) is 0 Å². The molecule has 3 heteroatoms. The summed E-state index contributed by atoms with van der Waals surface area (Å²) in [6.45, 7) is 15.7. The van der Waals surface area contributed by atoms with E-state index < -0.39 is 11.7 Å². The maximum atomic E-state index is 12.0. The van der Waals surface area contributed by atoms with E-state index in [1.807, 2.05) is 27.7 Å². The van der Waals surface area contributed by atoms with E-state index in [9.17, 15) is 13.2 Å². The molecule has 0 aliphatic rings. The average Bonchev–Trinajstić information content (AvgIpc) is 2.18. The van der Waals surface area contributed by atoms with Crippen molar-refractivity contribution in [3.63, 3.8) is 0 Å². The molecule has 0 bridgehead atoms. The molecule has 0 unspecified atom stereocenters. The maximum absolute atomic E-state index is 12.0. The fourth-order valence-corrected chi connectivity index (χ4v) is 0.597. The Bertz CT molecular complexity index is 197. The van der Waals surface area contributed by atoms with Crippen molar-refractivity contribution in [2.75, 3.05) is 0 Å². The zero-order valence-electron chi connectivity index (χ0n) is 10.2. The van der Waals surface area contributed by atoms with Gasteiger partial charge in [0.2, 0.25) is 0 Å². The van der Waals surface area contributed by atoms with E-state index in [4.69, 9.17) is 0 Å². The highest BCUT2D eigenvalue weighted by Gasteiger charge is 2.33. The molecule has 0 radical (unpaired) electrons. The van der Waals surface area contributed by atoms with E-state index in [0.717, 1.165) is 12.2 Å². The highest BCUT2D eigenvalue weighted by molar-refractivity contribution is 5.33. The van der Waals surface area contributed by atoms with E-state index in [2.05, 4.69) is 13.2 Å². The van der Waals surface area contributed by atoms with E-state index in [0.29, 0.717) is 0 Å². The first-order valence-corrected chi connectivity index (χ1v) is 4.95. The van der Waals surface area contributed by atoms with Crippen molar-refractivity contribution in [1.29, 1.82) is 0 Å². The van der Waals surface area contributed by atoms with Crippen LogP contribution in [0, 0.1) is 0 Å². The van der Waals surface area contributed by atoms with Gasteiger partial charge in [0.05, 0.1) is 5.57 Å². The lowest BCUT2D eigenvalue weighted by Crippen LogP contribution is -2.12. The van der Waals surface area contributed by atoms with Gasteiger partial charge in [0, 0.05) is 0 Å². The smallest absolute Gasteiger partial charge is 0.166 e. The van der Waals surface area contributed by atoms with Gasteiger partial charge in [-0.2, -0.15) is 13.2 Å². The van der Waals surface area contributed by atoms with Gasteiger partial charge in [-0.3, -0.25) is 0 Å². The van der Waals surface area contributed by atoms with E-state index in [1.54, 1.807) is 0 Å². The van der Waals surface area contributed by atoms with Crippen LogP contribution in [-0.4, -0.2) is 6.18 Å². The Hall–Kier alpha value is -0.990. The van der Waals surface area contributed by atoms with Crippen molar-refractivity contribution >= 4 is 0 Å². The van der Waals surface area contributed by atoms with Gasteiger partial charge in [0.1, 0.15) is 0 Å². The van der Waals surface area contributed by atoms with Crippen molar-refractivity contribution < 1.29 is 13.2 Å². The van der Waals surface area contributed by atoms with Crippen LogP contribution in [0.15, 0.2) is 36.5 Å². The number of allylic oxidation sites excluding steroid dienone is 4. The van der Waals surface area contributed by atoms with Gasteiger partial charge >= 0.3 is 6.18 Å². The lowest BCUT2D eigenvalue weighted by Gasteiger charge is -2.09. The molecule has 0 rings (SSSR count). The highest BCUT2D eigenvalue weighted by Crippen LogP contribution is 2.29. The molecule has 0 aromatic heterocycles. The SMILES string of the molecule is C=C/C=C(\C(=C)C)C(F)(F)F.CC.CC. The summed E-state index contributed by atoms with van der Waals surface area (Å²) in [5, 5.41) is 0. The van der Waals surface area contributed by atoms with Gasteiger partial charge in [-0.05, 0) is 12.5 Å². The fraction of sp³-hybridized carbons (Fsp3) is 0.500. The molecule has 0 aromatic rings. The summed E-state index contributed by atoms with van der Waals surface area (Å²) in [7, 11) is 0. The van der Waals surface area contributed by atoms with Crippen LogP contribution in [0.1, 0.15) is 34.6 Å². The molecule has 0 aromatic carbocycles. The molecule has 0 fully saturated rings. The summed E-state index contributed by atoms with van der Waals surface area (Å²) < 4.78 is 35.9. The lowest BCUT2D eigenvalue weighted by atomic mass is 10.1.